The van der Waals surface area contributed by atoms with E-state index < -0.39 is 0 Å². The molecule has 0 amide bonds. The third-order valence-corrected chi connectivity index (χ3v) is 2.62. The maximum absolute atomic E-state index is 5.62. The van der Waals surface area contributed by atoms with Crippen molar-refractivity contribution in [1.82, 2.24) is 4.98 Å². The van der Waals surface area contributed by atoms with Crippen molar-refractivity contribution in [3.05, 3.63) is 59.3 Å². The highest BCUT2D eigenvalue weighted by molar-refractivity contribution is 5.25. The van der Waals surface area contributed by atoms with Crippen molar-refractivity contribution in [3.63, 3.8) is 0 Å². The molecule has 88 valence electrons. The largest absolute Gasteiger partial charge is 0.473 e. The number of aromatic nitrogens is 1. The molecule has 0 saturated heterocycles. The number of hydrogen-bond acceptors (Lipinski definition) is 3. The topological polar surface area (TPSA) is 48.1 Å². The number of benzene rings is 1. The van der Waals surface area contributed by atoms with Crippen LogP contribution < -0.4 is 10.5 Å². The Labute approximate surface area is 101 Å². The highest BCUT2D eigenvalue weighted by atomic mass is 16.5. The van der Waals surface area contributed by atoms with Crippen LogP contribution in [0.25, 0.3) is 0 Å². The van der Waals surface area contributed by atoms with Gasteiger partial charge >= 0.3 is 0 Å². The molecule has 0 aliphatic rings. The lowest BCUT2D eigenvalue weighted by atomic mass is 10.2. The SMILES string of the molecule is Cc1nc(OCc2ccccc2)ccc1CN. The molecule has 2 N–H and O–H groups in total. The van der Waals surface area contributed by atoms with E-state index in [1.807, 2.05) is 49.4 Å². The Morgan fingerprint density at radius 2 is 1.88 bits per heavy atom. The van der Waals surface area contributed by atoms with Gasteiger partial charge in [-0.3, -0.25) is 0 Å². The number of rotatable bonds is 4. The summed E-state index contributed by atoms with van der Waals surface area (Å²) in [7, 11) is 0. The quantitative estimate of drug-likeness (QED) is 0.874. The summed E-state index contributed by atoms with van der Waals surface area (Å²) < 4.78 is 5.62. The van der Waals surface area contributed by atoms with E-state index in [1.165, 1.54) is 0 Å². The molecule has 1 aromatic heterocycles. The van der Waals surface area contributed by atoms with Gasteiger partial charge in [-0.1, -0.05) is 36.4 Å². The Kier molecular flexibility index (Phi) is 3.73. The lowest BCUT2D eigenvalue weighted by Crippen LogP contribution is -2.03. The Hall–Kier alpha value is -1.87. The molecule has 0 bridgehead atoms. The molecule has 0 atom stereocenters. The van der Waals surface area contributed by atoms with Crippen molar-refractivity contribution in [2.24, 2.45) is 5.73 Å². The molecule has 2 rings (SSSR count). The number of aryl methyl sites for hydroxylation is 1. The van der Waals surface area contributed by atoms with Crippen molar-refractivity contribution < 1.29 is 4.74 Å². The second-order valence-corrected chi connectivity index (χ2v) is 3.87. The zero-order valence-electron chi connectivity index (χ0n) is 9.89. The molecule has 0 saturated carbocycles. The zero-order chi connectivity index (χ0) is 12.1. The number of pyridine rings is 1. The Morgan fingerprint density at radius 3 is 2.53 bits per heavy atom. The summed E-state index contributed by atoms with van der Waals surface area (Å²) in [5.41, 5.74) is 8.70. The first kappa shape index (κ1) is 11.6. The maximum Gasteiger partial charge on any atom is 0.213 e. The second-order valence-electron chi connectivity index (χ2n) is 3.87. The van der Waals surface area contributed by atoms with Gasteiger partial charge in [-0.15, -0.1) is 0 Å². The van der Waals surface area contributed by atoms with Gasteiger partial charge < -0.3 is 10.5 Å². The molecule has 0 spiro atoms. The Morgan fingerprint density at radius 1 is 1.12 bits per heavy atom. The van der Waals surface area contributed by atoms with E-state index in [4.69, 9.17) is 10.5 Å². The van der Waals surface area contributed by atoms with Gasteiger partial charge in [0.25, 0.3) is 0 Å². The van der Waals surface area contributed by atoms with E-state index in [9.17, 15) is 0 Å². The number of hydrogen-bond donors (Lipinski definition) is 1. The van der Waals surface area contributed by atoms with Crippen LogP contribution in [0, 0.1) is 6.92 Å². The average Bonchev–Trinajstić information content (AvgIpc) is 2.38. The molecule has 0 fully saturated rings. The molecule has 0 radical (unpaired) electrons. The fourth-order valence-corrected chi connectivity index (χ4v) is 1.59. The summed E-state index contributed by atoms with van der Waals surface area (Å²) in [5, 5.41) is 0. The van der Waals surface area contributed by atoms with E-state index in [1.54, 1.807) is 0 Å². The number of nitrogens with zero attached hydrogens (tertiary/aromatic N) is 1. The van der Waals surface area contributed by atoms with Gasteiger partial charge in [-0.25, -0.2) is 4.98 Å². The summed E-state index contributed by atoms with van der Waals surface area (Å²) >= 11 is 0. The van der Waals surface area contributed by atoms with Crippen LogP contribution in [0.1, 0.15) is 16.8 Å². The third kappa shape index (κ3) is 3.04. The average molecular weight is 228 g/mol. The molecule has 0 unspecified atom stereocenters. The van der Waals surface area contributed by atoms with Gasteiger partial charge in [-0.05, 0) is 18.1 Å². The summed E-state index contributed by atoms with van der Waals surface area (Å²) in [4.78, 5) is 4.36. The first-order valence-electron chi connectivity index (χ1n) is 5.63. The molecule has 0 aliphatic heterocycles. The van der Waals surface area contributed by atoms with Gasteiger partial charge in [0.2, 0.25) is 5.88 Å². The van der Waals surface area contributed by atoms with Crippen LogP contribution in [0.15, 0.2) is 42.5 Å². The van der Waals surface area contributed by atoms with Crippen LogP contribution in [0.3, 0.4) is 0 Å². The number of ether oxygens (including phenoxy) is 1. The standard InChI is InChI=1S/C14H16N2O/c1-11-13(9-15)7-8-14(16-11)17-10-12-5-3-2-4-6-12/h2-8H,9-10,15H2,1H3. The first-order valence-corrected chi connectivity index (χ1v) is 5.63. The summed E-state index contributed by atoms with van der Waals surface area (Å²) in [6.07, 6.45) is 0. The fraction of sp³-hybridized carbons (Fsp3) is 0.214. The lowest BCUT2D eigenvalue weighted by molar-refractivity contribution is 0.293. The predicted octanol–water partition coefficient (Wildman–Crippen LogP) is 2.43. The van der Waals surface area contributed by atoms with Crippen molar-refractivity contribution >= 4 is 0 Å². The van der Waals surface area contributed by atoms with Crippen molar-refractivity contribution in [2.45, 2.75) is 20.1 Å². The molecule has 3 nitrogen and oxygen atoms in total. The summed E-state index contributed by atoms with van der Waals surface area (Å²) in [6, 6.07) is 13.9. The van der Waals surface area contributed by atoms with E-state index in [0.717, 1.165) is 16.8 Å². The molecule has 2 aromatic rings. The Balaban J connectivity index is 2.02. The van der Waals surface area contributed by atoms with E-state index in [2.05, 4.69) is 4.98 Å². The van der Waals surface area contributed by atoms with Gasteiger partial charge in [0.15, 0.2) is 0 Å². The molecule has 1 heterocycles. The van der Waals surface area contributed by atoms with Crippen LogP contribution in [0.2, 0.25) is 0 Å². The summed E-state index contributed by atoms with van der Waals surface area (Å²) in [6.45, 7) is 2.99. The van der Waals surface area contributed by atoms with E-state index in [-0.39, 0.29) is 0 Å². The smallest absolute Gasteiger partial charge is 0.213 e. The van der Waals surface area contributed by atoms with Crippen LogP contribution in [0.4, 0.5) is 0 Å². The van der Waals surface area contributed by atoms with E-state index in [0.29, 0.717) is 19.0 Å². The minimum absolute atomic E-state index is 0.512. The van der Waals surface area contributed by atoms with E-state index >= 15 is 0 Å². The van der Waals surface area contributed by atoms with Crippen LogP contribution >= 0.6 is 0 Å². The number of nitrogens with two attached hydrogens (primary N) is 1. The van der Waals surface area contributed by atoms with Crippen LogP contribution in [-0.4, -0.2) is 4.98 Å². The second kappa shape index (κ2) is 5.46. The highest BCUT2D eigenvalue weighted by Gasteiger charge is 2.01. The normalized spacial score (nSPS) is 10.2. The minimum Gasteiger partial charge on any atom is -0.473 e. The zero-order valence-corrected chi connectivity index (χ0v) is 9.89. The monoisotopic (exact) mass is 228 g/mol. The van der Waals surface area contributed by atoms with Gasteiger partial charge in [0, 0.05) is 18.3 Å². The third-order valence-electron chi connectivity index (χ3n) is 2.62. The van der Waals surface area contributed by atoms with Gasteiger partial charge in [0.05, 0.1) is 0 Å². The molecule has 3 heteroatoms. The van der Waals surface area contributed by atoms with Crippen molar-refractivity contribution in [2.75, 3.05) is 0 Å². The molecule has 17 heavy (non-hydrogen) atoms. The van der Waals surface area contributed by atoms with Crippen LogP contribution in [0.5, 0.6) is 5.88 Å². The van der Waals surface area contributed by atoms with Crippen molar-refractivity contribution in [3.8, 4) is 5.88 Å². The highest BCUT2D eigenvalue weighted by Crippen LogP contribution is 2.13. The maximum atomic E-state index is 5.62. The Bertz CT molecular complexity index is 483. The lowest BCUT2D eigenvalue weighted by Gasteiger charge is -2.08. The van der Waals surface area contributed by atoms with Gasteiger partial charge in [0.1, 0.15) is 6.61 Å². The molecular weight excluding hydrogens is 212 g/mol. The van der Waals surface area contributed by atoms with Gasteiger partial charge in [-0.2, -0.15) is 0 Å². The first-order chi connectivity index (χ1) is 8.29. The minimum atomic E-state index is 0.512. The fourth-order valence-electron chi connectivity index (χ4n) is 1.59. The molecule has 1 aromatic carbocycles. The molecule has 0 aliphatic carbocycles. The summed E-state index contributed by atoms with van der Waals surface area (Å²) in [5.74, 6) is 0.642. The van der Waals surface area contributed by atoms with Crippen LogP contribution in [-0.2, 0) is 13.2 Å². The van der Waals surface area contributed by atoms with Crippen molar-refractivity contribution in [1.29, 1.82) is 0 Å². The predicted molar refractivity (Wildman–Crippen MR) is 67.6 cm³/mol. The molecular formula is C14H16N2O.